The normalized spacial score (nSPS) is 11.0. The molecule has 0 saturated heterocycles. The van der Waals surface area contributed by atoms with Crippen molar-refractivity contribution in [3.63, 3.8) is 0 Å². The van der Waals surface area contributed by atoms with Gasteiger partial charge in [-0.1, -0.05) is 61.5 Å². The molecule has 7 nitrogen and oxygen atoms in total. The van der Waals surface area contributed by atoms with Crippen LogP contribution in [0.15, 0.2) is 64.7 Å². The first kappa shape index (κ1) is 23.6. The second-order valence-electron chi connectivity index (χ2n) is 8.04. The minimum atomic E-state index is -0.192. The number of benzene rings is 2. The van der Waals surface area contributed by atoms with Crippen molar-refractivity contribution < 1.29 is 9.53 Å². The zero-order chi connectivity index (χ0) is 24.1. The summed E-state index contributed by atoms with van der Waals surface area (Å²) in [6, 6.07) is 15.5. The Bertz CT molecular complexity index is 1360. The van der Waals surface area contributed by atoms with E-state index in [9.17, 15) is 9.59 Å². The van der Waals surface area contributed by atoms with E-state index in [1.54, 1.807) is 11.7 Å². The van der Waals surface area contributed by atoms with Gasteiger partial charge in [-0.05, 0) is 36.6 Å². The van der Waals surface area contributed by atoms with Crippen LogP contribution >= 0.6 is 11.8 Å². The molecular weight excluding hydrogens is 448 g/mol. The summed E-state index contributed by atoms with van der Waals surface area (Å²) in [5.41, 5.74) is 4.46. The van der Waals surface area contributed by atoms with Gasteiger partial charge in [0.05, 0.1) is 18.6 Å². The average Bonchev–Trinajstić information content (AvgIpc) is 3.27. The Balaban J connectivity index is 1.64. The van der Waals surface area contributed by atoms with Crippen LogP contribution in [0.2, 0.25) is 0 Å². The van der Waals surface area contributed by atoms with E-state index in [1.165, 1.54) is 11.8 Å². The largest absolute Gasteiger partial charge is 0.495 e. The molecule has 0 saturated carbocycles. The van der Waals surface area contributed by atoms with E-state index in [0.29, 0.717) is 34.2 Å². The molecule has 0 aliphatic carbocycles. The molecule has 2 aromatic carbocycles. The van der Waals surface area contributed by atoms with Crippen molar-refractivity contribution in [3.8, 4) is 16.9 Å². The maximum Gasteiger partial charge on any atom is 0.278 e. The molecule has 1 amide bonds. The Kier molecular flexibility index (Phi) is 7.37. The van der Waals surface area contributed by atoms with E-state index < -0.39 is 0 Å². The van der Waals surface area contributed by atoms with Crippen molar-refractivity contribution in [1.29, 1.82) is 0 Å². The summed E-state index contributed by atoms with van der Waals surface area (Å²) in [6.45, 7) is 4.58. The number of nitrogens with zero attached hydrogens (tertiary/aromatic N) is 2. The number of amides is 1. The molecule has 0 spiro atoms. The topological polar surface area (TPSA) is 89.0 Å². The number of hydrogen-bond donors (Lipinski definition) is 2. The van der Waals surface area contributed by atoms with Gasteiger partial charge < -0.3 is 15.0 Å². The Hall–Kier alpha value is -3.52. The third-order valence-electron chi connectivity index (χ3n) is 5.53. The number of ether oxygens (including phenoxy) is 1. The summed E-state index contributed by atoms with van der Waals surface area (Å²) in [5, 5.41) is 3.45. The highest BCUT2D eigenvalue weighted by molar-refractivity contribution is 7.99. The van der Waals surface area contributed by atoms with Crippen LogP contribution in [-0.2, 0) is 11.3 Å². The predicted octanol–water partition coefficient (Wildman–Crippen LogP) is 5.24. The number of aromatic nitrogens is 3. The van der Waals surface area contributed by atoms with E-state index >= 15 is 0 Å². The highest BCUT2D eigenvalue weighted by Crippen LogP contribution is 2.29. The molecule has 0 bridgehead atoms. The third-order valence-corrected chi connectivity index (χ3v) is 6.51. The van der Waals surface area contributed by atoms with E-state index in [1.807, 2.05) is 61.7 Å². The molecule has 0 unspecified atom stereocenters. The van der Waals surface area contributed by atoms with Gasteiger partial charge >= 0.3 is 0 Å². The molecule has 34 heavy (non-hydrogen) atoms. The molecule has 176 valence electrons. The maximum absolute atomic E-state index is 13.3. The smallest absolute Gasteiger partial charge is 0.278 e. The number of nitrogens with one attached hydrogen (secondary N) is 2. The molecule has 0 aliphatic rings. The molecule has 2 aromatic heterocycles. The number of unbranched alkanes of at least 4 members (excludes halogenated alkanes) is 1. The third kappa shape index (κ3) is 5.02. The molecule has 0 radical (unpaired) electrons. The summed E-state index contributed by atoms with van der Waals surface area (Å²) < 4.78 is 7.02. The lowest BCUT2D eigenvalue weighted by atomic mass is 10.1. The first-order valence-electron chi connectivity index (χ1n) is 11.3. The van der Waals surface area contributed by atoms with Crippen LogP contribution in [0.3, 0.4) is 0 Å². The lowest BCUT2D eigenvalue weighted by Gasteiger charge is -2.13. The molecule has 0 atom stereocenters. The van der Waals surface area contributed by atoms with Crippen molar-refractivity contribution >= 4 is 34.4 Å². The van der Waals surface area contributed by atoms with Crippen molar-refractivity contribution in [3.05, 3.63) is 70.6 Å². The number of carbonyl (C=O) groups is 1. The van der Waals surface area contributed by atoms with Crippen molar-refractivity contribution in [2.24, 2.45) is 0 Å². The minimum absolute atomic E-state index is 0.117. The first-order chi connectivity index (χ1) is 16.5. The van der Waals surface area contributed by atoms with Crippen LogP contribution in [0.25, 0.3) is 22.2 Å². The van der Waals surface area contributed by atoms with Gasteiger partial charge in [-0.2, -0.15) is 0 Å². The summed E-state index contributed by atoms with van der Waals surface area (Å²) >= 11 is 1.26. The summed E-state index contributed by atoms with van der Waals surface area (Å²) in [5.74, 6) is 0.525. The van der Waals surface area contributed by atoms with Crippen LogP contribution in [0.4, 0.5) is 5.69 Å². The molecule has 4 rings (SSSR count). The molecule has 2 N–H and O–H groups in total. The van der Waals surface area contributed by atoms with Crippen LogP contribution < -0.4 is 15.6 Å². The standard InChI is InChI=1S/C26H28N4O3S/c1-4-5-13-30-25(32)24-23(19(15-27-24)18-9-7-6-8-10-18)29-26(30)34-16-22(31)28-20-14-17(2)11-12-21(20)33-3/h6-12,14-15,27H,4-5,13,16H2,1-3H3,(H,28,31). The highest BCUT2D eigenvalue weighted by Gasteiger charge is 2.18. The number of rotatable bonds is 9. The summed E-state index contributed by atoms with van der Waals surface area (Å²) in [7, 11) is 1.57. The van der Waals surface area contributed by atoms with Crippen LogP contribution in [0.5, 0.6) is 5.75 Å². The monoisotopic (exact) mass is 476 g/mol. The van der Waals surface area contributed by atoms with Crippen molar-refractivity contribution in [1.82, 2.24) is 14.5 Å². The van der Waals surface area contributed by atoms with Gasteiger partial charge in [-0.15, -0.1) is 0 Å². The van der Waals surface area contributed by atoms with E-state index in [2.05, 4.69) is 17.2 Å². The summed E-state index contributed by atoms with van der Waals surface area (Å²) in [4.78, 5) is 34.0. The van der Waals surface area contributed by atoms with Crippen molar-refractivity contribution in [2.75, 3.05) is 18.2 Å². The van der Waals surface area contributed by atoms with Crippen LogP contribution in [0, 0.1) is 6.92 Å². The number of aryl methyl sites for hydroxylation is 1. The maximum atomic E-state index is 13.3. The fraction of sp³-hybridized carbons (Fsp3) is 0.269. The first-order valence-corrected chi connectivity index (χ1v) is 12.2. The zero-order valence-electron chi connectivity index (χ0n) is 19.6. The molecule has 2 heterocycles. The molecule has 0 fully saturated rings. The van der Waals surface area contributed by atoms with Gasteiger partial charge in [0, 0.05) is 18.3 Å². The number of hydrogen-bond acceptors (Lipinski definition) is 5. The zero-order valence-corrected chi connectivity index (χ0v) is 20.4. The molecule has 8 heteroatoms. The predicted molar refractivity (Wildman–Crippen MR) is 138 cm³/mol. The summed E-state index contributed by atoms with van der Waals surface area (Å²) in [6.07, 6.45) is 3.62. The van der Waals surface area contributed by atoms with Gasteiger partial charge in [0.15, 0.2) is 5.16 Å². The van der Waals surface area contributed by atoms with E-state index in [4.69, 9.17) is 9.72 Å². The Labute approximate surface area is 202 Å². The average molecular weight is 477 g/mol. The minimum Gasteiger partial charge on any atom is -0.495 e. The van der Waals surface area contributed by atoms with E-state index in [0.717, 1.165) is 29.5 Å². The van der Waals surface area contributed by atoms with Gasteiger partial charge in [0.25, 0.3) is 5.56 Å². The number of H-pyrrole nitrogens is 1. The Morgan fingerprint density at radius 3 is 2.74 bits per heavy atom. The number of aromatic amines is 1. The second kappa shape index (κ2) is 10.6. The SMILES string of the molecule is CCCCn1c(SCC(=O)Nc2cc(C)ccc2OC)nc2c(-c3ccccc3)c[nH]c2c1=O. The van der Waals surface area contributed by atoms with Crippen molar-refractivity contribution in [2.45, 2.75) is 38.4 Å². The fourth-order valence-corrected chi connectivity index (χ4v) is 4.59. The number of fused-ring (bicyclic) bond motifs is 1. The lowest BCUT2D eigenvalue weighted by molar-refractivity contribution is -0.113. The molecular formula is C26H28N4O3S. The van der Waals surface area contributed by atoms with Gasteiger partial charge in [0.2, 0.25) is 5.91 Å². The van der Waals surface area contributed by atoms with E-state index in [-0.39, 0.29) is 17.2 Å². The highest BCUT2D eigenvalue weighted by atomic mass is 32.2. The Morgan fingerprint density at radius 1 is 1.21 bits per heavy atom. The van der Waals surface area contributed by atoms with Crippen LogP contribution in [0.1, 0.15) is 25.3 Å². The molecule has 0 aliphatic heterocycles. The van der Waals surface area contributed by atoms with Gasteiger partial charge in [0.1, 0.15) is 16.8 Å². The lowest BCUT2D eigenvalue weighted by Crippen LogP contribution is -2.24. The fourth-order valence-electron chi connectivity index (χ4n) is 3.77. The molecule has 4 aromatic rings. The van der Waals surface area contributed by atoms with Gasteiger partial charge in [-0.3, -0.25) is 14.2 Å². The van der Waals surface area contributed by atoms with Gasteiger partial charge in [-0.25, -0.2) is 4.98 Å². The number of carbonyl (C=O) groups excluding carboxylic acids is 1. The van der Waals surface area contributed by atoms with Crippen LogP contribution in [-0.4, -0.2) is 33.3 Å². The Morgan fingerprint density at radius 2 is 2.00 bits per heavy atom. The second-order valence-corrected chi connectivity index (χ2v) is 8.98. The number of thioether (sulfide) groups is 1. The number of anilines is 1. The quantitative estimate of drug-likeness (QED) is 0.255. The number of methoxy groups -OCH3 is 1.